The zero-order valence-corrected chi connectivity index (χ0v) is 17.6. The molecule has 0 aliphatic heterocycles. The van der Waals surface area contributed by atoms with Gasteiger partial charge in [0.1, 0.15) is 0 Å². The van der Waals surface area contributed by atoms with Gasteiger partial charge in [-0.25, -0.2) is 9.59 Å². The van der Waals surface area contributed by atoms with E-state index >= 15 is 0 Å². The van der Waals surface area contributed by atoms with E-state index in [1.54, 1.807) is 0 Å². The summed E-state index contributed by atoms with van der Waals surface area (Å²) in [6.45, 7) is 17.1. The minimum absolute atomic E-state index is 0.207. The number of nitrogens with zero attached hydrogens (tertiary/aromatic N) is 2. The lowest BCUT2D eigenvalue weighted by Gasteiger charge is -2.48. The number of aliphatic imine (C=N–C) groups is 2. The van der Waals surface area contributed by atoms with Crippen molar-refractivity contribution in [1.82, 2.24) is 0 Å². The summed E-state index contributed by atoms with van der Waals surface area (Å²) in [5, 5.41) is 0. The average molecular weight is 351 g/mol. The van der Waals surface area contributed by atoms with Crippen molar-refractivity contribution in [2.45, 2.75) is 98.6 Å². The summed E-state index contributed by atoms with van der Waals surface area (Å²) in [6, 6.07) is 0. The number of hydrogen-bond acceptors (Lipinski definition) is 4. The van der Waals surface area contributed by atoms with Crippen molar-refractivity contribution in [2.24, 2.45) is 33.7 Å². The summed E-state index contributed by atoms with van der Waals surface area (Å²) in [5.74, 6) is 0.827. The van der Waals surface area contributed by atoms with Crippen LogP contribution in [0.5, 0.6) is 0 Å². The molecule has 25 heavy (non-hydrogen) atoms. The Morgan fingerprint density at radius 1 is 0.640 bits per heavy atom. The third-order valence-corrected chi connectivity index (χ3v) is 6.94. The Balaban J connectivity index is 6.57. The Labute approximate surface area is 154 Å². The van der Waals surface area contributed by atoms with Crippen molar-refractivity contribution in [3.63, 3.8) is 0 Å². The van der Waals surface area contributed by atoms with E-state index in [9.17, 15) is 9.59 Å². The van der Waals surface area contributed by atoms with Crippen LogP contribution in [0.2, 0.25) is 0 Å². The molecule has 0 aliphatic carbocycles. The molecule has 0 heterocycles. The molecule has 0 radical (unpaired) electrons. The largest absolute Gasteiger partial charge is 0.235 e. The van der Waals surface area contributed by atoms with Crippen molar-refractivity contribution in [3.05, 3.63) is 0 Å². The highest BCUT2D eigenvalue weighted by molar-refractivity contribution is 5.38. The third-order valence-electron chi connectivity index (χ3n) is 6.94. The van der Waals surface area contributed by atoms with Gasteiger partial charge in [-0.05, 0) is 23.7 Å². The first-order chi connectivity index (χ1) is 11.8. The summed E-state index contributed by atoms with van der Waals surface area (Å²) in [6.07, 6.45) is 7.96. The summed E-state index contributed by atoms with van der Waals surface area (Å²) in [5.41, 5.74) is -1.11. The SMILES string of the molecule is CCC(C)C(CC(N=C=O)(C(C)CC)C(C)CC)(N=C=O)C(C)CC. The van der Waals surface area contributed by atoms with Crippen LogP contribution in [0.1, 0.15) is 87.5 Å². The molecule has 0 aliphatic rings. The maximum atomic E-state index is 11.4. The lowest BCUT2D eigenvalue weighted by molar-refractivity contribution is 0.0782. The predicted molar refractivity (Wildman–Crippen MR) is 104 cm³/mol. The molecule has 0 N–H and O–H groups in total. The van der Waals surface area contributed by atoms with Gasteiger partial charge < -0.3 is 0 Å². The zero-order chi connectivity index (χ0) is 19.7. The van der Waals surface area contributed by atoms with Crippen molar-refractivity contribution in [2.75, 3.05) is 0 Å². The fourth-order valence-corrected chi connectivity index (χ4v) is 4.23. The Bertz CT molecular complexity index is 426. The molecule has 0 aromatic carbocycles. The average Bonchev–Trinajstić information content (AvgIpc) is 2.63. The molecule has 0 aromatic heterocycles. The molecule has 4 unspecified atom stereocenters. The molecule has 0 saturated carbocycles. The minimum atomic E-state index is -0.557. The Kier molecular flexibility index (Phi) is 10.2. The Morgan fingerprint density at radius 3 is 1.04 bits per heavy atom. The summed E-state index contributed by atoms with van der Waals surface area (Å²) < 4.78 is 0. The second kappa shape index (κ2) is 10.7. The van der Waals surface area contributed by atoms with E-state index in [0.717, 1.165) is 25.7 Å². The van der Waals surface area contributed by atoms with Crippen LogP contribution in [-0.4, -0.2) is 23.2 Å². The van der Waals surface area contributed by atoms with Crippen molar-refractivity contribution in [1.29, 1.82) is 0 Å². The molecule has 0 fully saturated rings. The molecule has 4 heteroatoms. The van der Waals surface area contributed by atoms with Gasteiger partial charge in [-0.1, -0.05) is 81.1 Å². The maximum Gasteiger partial charge on any atom is 0.235 e. The number of rotatable bonds is 12. The Hall–Kier alpha value is -1.24. The highest BCUT2D eigenvalue weighted by atomic mass is 16.1. The topological polar surface area (TPSA) is 58.9 Å². The van der Waals surface area contributed by atoms with Crippen LogP contribution in [0.4, 0.5) is 0 Å². The van der Waals surface area contributed by atoms with Crippen molar-refractivity contribution < 1.29 is 9.59 Å². The number of isocyanates is 2. The van der Waals surface area contributed by atoms with Crippen LogP contribution in [-0.2, 0) is 9.59 Å². The van der Waals surface area contributed by atoms with E-state index in [-0.39, 0.29) is 23.7 Å². The molecule has 144 valence electrons. The van der Waals surface area contributed by atoms with E-state index in [1.807, 2.05) is 12.2 Å². The second-order valence-corrected chi connectivity index (χ2v) is 7.80. The molecule has 0 spiro atoms. The zero-order valence-electron chi connectivity index (χ0n) is 17.6. The molecule has 0 amide bonds. The van der Waals surface area contributed by atoms with Gasteiger partial charge in [-0.2, -0.15) is 9.98 Å². The fourth-order valence-electron chi connectivity index (χ4n) is 4.23. The van der Waals surface area contributed by atoms with E-state index in [0.29, 0.717) is 6.42 Å². The van der Waals surface area contributed by atoms with Crippen LogP contribution in [0, 0.1) is 23.7 Å². The first-order valence-electron chi connectivity index (χ1n) is 9.94. The van der Waals surface area contributed by atoms with E-state index in [4.69, 9.17) is 0 Å². The predicted octanol–water partition coefficient (Wildman–Crippen LogP) is 5.71. The van der Waals surface area contributed by atoms with E-state index in [1.165, 1.54) is 0 Å². The molecular formula is C21H38N2O2. The van der Waals surface area contributed by atoms with Gasteiger partial charge in [-0.3, -0.25) is 0 Å². The molecule has 4 nitrogen and oxygen atoms in total. The van der Waals surface area contributed by atoms with Crippen LogP contribution in [0.25, 0.3) is 0 Å². The van der Waals surface area contributed by atoms with E-state index < -0.39 is 11.1 Å². The van der Waals surface area contributed by atoms with Gasteiger partial charge in [0.05, 0.1) is 11.1 Å². The fraction of sp³-hybridized carbons (Fsp3) is 0.905. The summed E-state index contributed by atoms with van der Waals surface area (Å²) >= 11 is 0. The number of carbonyl (C=O) groups excluding carboxylic acids is 2. The minimum Gasteiger partial charge on any atom is -0.211 e. The molecule has 0 bridgehead atoms. The summed E-state index contributed by atoms with van der Waals surface area (Å²) in [4.78, 5) is 31.6. The smallest absolute Gasteiger partial charge is 0.211 e. The first-order valence-corrected chi connectivity index (χ1v) is 9.94. The van der Waals surface area contributed by atoms with Gasteiger partial charge in [0.25, 0.3) is 0 Å². The maximum absolute atomic E-state index is 11.4. The van der Waals surface area contributed by atoms with E-state index in [2.05, 4.69) is 65.4 Å². The quantitative estimate of drug-likeness (QED) is 0.334. The standard InChI is InChI=1S/C21H38N2O2/c1-9-16(5)20(22-14-24,17(6)10-2)13-21(23-15-25,18(7)11-3)19(8)12-4/h16-19H,9-13H2,1-8H3. The van der Waals surface area contributed by atoms with Gasteiger partial charge in [0.15, 0.2) is 0 Å². The Morgan fingerprint density at radius 2 is 0.880 bits per heavy atom. The molecule has 0 aromatic rings. The highest BCUT2D eigenvalue weighted by Gasteiger charge is 2.51. The number of hydrogen-bond donors (Lipinski definition) is 0. The van der Waals surface area contributed by atoms with Crippen LogP contribution in [0.3, 0.4) is 0 Å². The monoisotopic (exact) mass is 350 g/mol. The van der Waals surface area contributed by atoms with Gasteiger partial charge in [-0.15, -0.1) is 0 Å². The lowest BCUT2D eigenvalue weighted by atomic mass is 9.60. The molecule has 0 rings (SSSR count). The normalized spacial score (nSPS) is 20.8. The highest BCUT2D eigenvalue weighted by Crippen LogP contribution is 2.48. The van der Waals surface area contributed by atoms with Crippen LogP contribution < -0.4 is 0 Å². The van der Waals surface area contributed by atoms with Gasteiger partial charge >= 0.3 is 0 Å². The summed E-state index contributed by atoms with van der Waals surface area (Å²) in [7, 11) is 0. The van der Waals surface area contributed by atoms with Gasteiger partial charge in [0, 0.05) is 6.42 Å². The lowest BCUT2D eigenvalue weighted by Crippen LogP contribution is -2.52. The van der Waals surface area contributed by atoms with Crippen molar-refractivity contribution >= 4 is 12.2 Å². The third kappa shape index (κ3) is 4.90. The molecule has 4 atom stereocenters. The second-order valence-electron chi connectivity index (χ2n) is 7.80. The van der Waals surface area contributed by atoms with Crippen molar-refractivity contribution in [3.8, 4) is 0 Å². The van der Waals surface area contributed by atoms with Gasteiger partial charge in [0.2, 0.25) is 12.2 Å². The van der Waals surface area contributed by atoms with Crippen LogP contribution >= 0.6 is 0 Å². The molecular weight excluding hydrogens is 312 g/mol. The molecule has 0 saturated heterocycles. The van der Waals surface area contributed by atoms with Crippen LogP contribution in [0.15, 0.2) is 9.98 Å². The first kappa shape index (κ1) is 23.8.